The minimum Gasteiger partial charge on any atom is -0.258 e. The third kappa shape index (κ3) is 4.76. The SMILES string of the molecule is CC(=O)NC1([As](=O)(O)OO)C=CC=CC1.O=[N+]([O-])c1cccc2ccccc12. The standard InChI is InChI=1S/C10H7NO2.C8H12AsNO5/c12-11(13)10-7-3-5-8-4-1-2-6-9(8)10;1-7(11)10-8(9(12,13)15-14)5-3-2-4-6-8/h1-7H;2-5,14H,6H2,1H3,(H,10,11)(H,12,13). The first-order valence-corrected chi connectivity index (χ1v) is 11.4. The van der Waals surface area contributed by atoms with Gasteiger partial charge in [0.15, 0.2) is 0 Å². The van der Waals surface area contributed by atoms with Gasteiger partial charge < -0.3 is 0 Å². The fourth-order valence-corrected chi connectivity index (χ4v) is 4.94. The van der Waals surface area contributed by atoms with Crippen LogP contribution in [0, 0.1) is 10.1 Å². The van der Waals surface area contributed by atoms with Gasteiger partial charge in [-0.25, -0.2) is 0 Å². The van der Waals surface area contributed by atoms with E-state index in [2.05, 4.69) is 9.19 Å². The average Bonchev–Trinajstić information content (AvgIpc) is 2.68. The Morgan fingerprint density at radius 2 is 1.93 bits per heavy atom. The van der Waals surface area contributed by atoms with E-state index in [0.717, 1.165) is 5.39 Å². The number of hydrogen-bond donors (Lipinski definition) is 3. The molecule has 28 heavy (non-hydrogen) atoms. The van der Waals surface area contributed by atoms with Crippen LogP contribution in [-0.2, 0) is 12.4 Å². The molecule has 2 atom stereocenters. The molecule has 0 fully saturated rings. The first-order valence-electron chi connectivity index (χ1n) is 8.14. The van der Waals surface area contributed by atoms with Crippen LogP contribution in [0.5, 0.6) is 0 Å². The van der Waals surface area contributed by atoms with E-state index in [0.29, 0.717) is 5.39 Å². The maximum Gasteiger partial charge on any atom is 0.277 e. The number of nitro benzene ring substituents is 1. The normalized spacial score (nSPS) is 20.0. The molecule has 0 spiro atoms. The zero-order valence-corrected chi connectivity index (χ0v) is 16.8. The van der Waals surface area contributed by atoms with Crippen LogP contribution in [0.2, 0.25) is 0 Å². The first kappa shape index (κ1) is 21.6. The fraction of sp³-hybridized carbons (Fsp3) is 0.167. The van der Waals surface area contributed by atoms with Gasteiger partial charge in [-0.3, -0.25) is 10.1 Å². The van der Waals surface area contributed by atoms with Crippen LogP contribution >= 0.6 is 0 Å². The molecule has 3 N–H and O–H groups in total. The maximum atomic E-state index is 11.6. The van der Waals surface area contributed by atoms with Crippen molar-refractivity contribution in [3.8, 4) is 0 Å². The average molecular weight is 450 g/mol. The van der Waals surface area contributed by atoms with E-state index in [4.69, 9.17) is 5.26 Å². The number of nitro groups is 1. The number of nitrogens with zero attached hydrogens (tertiary/aromatic N) is 1. The number of rotatable bonds is 4. The molecule has 148 valence electrons. The molecule has 2 aromatic carbocycles. The van der Waals surface area contributed by atoms with E-state index >= 15 is 0 Å². The summed E-state index contributed by atoms with van der Waals surface area (Å²) in [7, 11) is 0. The summed E-state index contributed by atoms with van der Waals surface area (Å²) in [4.78, 5) is 21.2. The van der Waals surface area contributed by atoms with Gasteiger partial charge in [0.05, 0.1) is 10.3 Å². The first-order chi connectivity index (χ1) is 13.2. The van der Waals surface area contributed by atoms with E-state index in [9.17, 15) is 22.7 Å². The van der Waals surface area contributed by atoms with Crippen LogP contribution in [-0.4, -0.2) is 38.7 Å². The second-order valence-corrected chi connectivity index (χ2v) is 10.2. The van der Waals surface area contributed by atoms with Gasteiger partial charge in [0, 0.05) is 6.07 Å². The van der Waals surface area contributed by atoms with Crippen molar-refractivity contribution in [3.05, 3.63) is 76.9 Å². The largest absolute Gasteiger partial charge is 0.277 e. The predicted molar refractivity (Wildman–Crippen MR) is 102 cm³/mol. The molecule has 10 heteroatoms. The summed E-state index contributed by atoms with van der Waals surface area (Å²) < 4.78 is 23.3. The van der Waals surface area contributed by atoms with Crippen LogP contribution in [0.4, 0.5) is 5.69 Å². The number of carbonyl (C=O) groups excluding carboxylic acids is 1. The number of hydrogen-bond acceptors (Lipinski definition) is 6. The second kappa shape index (κ2) is 8.99. The van der Waals surface area contributed by atoms with Crippen LogP contribution < -0.4 is 5.32 Å². The molecule has 0 saturated heterocycles. The van der Waals surface area contributed by atoms with Gasteiger partial charge in [0.1, 0.15) is 0 Å². The number of non-ortho nitro benzene ring substituents is 1. The van der Waals surface area contributed by atoms with Crippen molar-refractivity contribution in [1.29, 1.82) is 0 Å². The Bertz CT molecular complexity index is 984. The molecular formula is C18H19AsN2O7. The van der Waals surface area contributed by atoms with Gasteiger partial charge >= 0.3 is 89.1 Å². The smallest absolute Gasteiger partial charge is 0.258 e. The molecule has 0 radical (unpaired) electrons. The van der Waals surface area contributed by atoms with E-state index in [1.54, 1.807) is 30.4 Å². The molecule has 0 saturated carbocycles. The molecule has 1 amide bonds. The van der Waals surface area contributed by atoms with Crippen molar-refractivity contribution in [3.63, 3.8) is 0 Å². The van der Waals surface area contributed by atoms with Crippen molar-refractivity contribution < 1.29 is 26.7 Å². The van der Waals surface area contributed by atoms with E-state index in [1.165, 1.54) is 25.1 Å². The zero-order chi connectivity index (χ0) is 20.8. The molecule has 0 aliphatic heterocycles. The topological polar surface area (TPSA) is 139 Å². The number of amides is 1. The van der Waals surface area contributed by atoms with Crippen molar-refractivity contribution in [2.45, 2.75) is 17.7 Å². The number of benzene rings is 2. The Morgan fingerprint density at radius 1 is 1.25 bits per heavy atom. The Balaban J connectivity index is 0.000000202. The van der Waals surface area contributed by atoms with Crippen molar-refractivity contribution >= 4 is 36.5 Å². The quantitative estimate of drug-likeness (QED) is 0.282. The van der Waals surface area contributed by atoms with Gasteiger partial charge in [0.2, 0.25) is 0 Å². The van der Waals surface area contributed by atoms with Crippen molar-refractivity contribution in [1.82, 2.24) is 5.32 Å². The summed E-state index contributed by atoms with van der Waals surface area (Å²) in [5, 5.41) is 23.0. The fourth-order valence-electron chi connectivity index (χ4n) is 2.73. The predicted octanol–water partition coefficient (Wildman–Crippen LogP) is 2.52. The Labute approximate surface area is 163 Å². The summed E-state index contributed by atoms with van der Waals surface area (Å²) in [6.07, 6.45) is 6.26. The van der Waals surface area contributed by atoms with E-state index in [-0.39, 0.29) is 17.0 Å². The van der Waals surface area contributed by atoms with Crippen molar-refractivity contribution in [2.24, 2.45) is 0 Å². The summed E-state index contributed by atoms with van der Waals surface area (Å²) >= 11 is -5.02. The van der Waals surface area contributed by atoms with E-state index < -0.39 is 24.4 Å². The summed E-state index contributed by atoms with van der Waals surface area (Å²) in [5.74, 6) is -0.470. The molecule has 0 heterocycles. The molecule has 0 bridgehead atoms. The third-order valence-corrected chi connectivity index (χ3v) is 7.53. The molecule has 2 aromatic rings. The molecule has 1 aliphatic carbocycles. The summed E-state index contributed by atoms with van der Waals surface area (Å²) in [5.41, 5.74) is 0.165. The van der Waals surface area contributed by atoms with Crippen LogP contribution in [0.3, 0.4) is 0 Å². The summed E-state index contributed by atoms with van der Waals surface area (Å²) in [6, 6.07) is 12.4. The molecule has 3 rings (SSSR count). The summed E-state index contributed by atoms with van der Waals surface area (Å²) in [6.45, 7) is 1.22. The monoisotopic (exact) mass is 450 g/mol. The van der Waals surface area contributed by atoms with Crippen molar-refractivity contribution in [2.75, 3.05) is 0 Å². The molecule has 1 aliphatic rings. The number of fused-ring (bicyclic) bond motifs is 1. The van der Waals surface area contributed by atoms with Crippen LogP contribution in [0.15, 0.2) is 66.8 Å². The minimum atomic E-state index is -5.02. The van der Waals surface area contributed by atoms with Gasteiger partial charge in [-0.15, -0.1) is 0 Å². The molecular weight excluding hydrogens is 431 g/mol. The molecule has 9 nitrogen and oxygen atoms in total. The number of allylic oxidation sites excluding steroid dienone is 2. The van der Waals surface area contributed by atoms with Gasteiger partial charge in [-0.2, -0.15) is 0 Å². The molecule has 0 aromatic heterocycles. The maximum absolute atomic E-state index is 11.6. The Kier molecular flexibility index (Phi) is 6.93. The number of carbonyl (C=O) groups is 1. The van der Waals surface area contributed by atoms with E-state index in [1.807, 2.05) is 18.2 Å². The zero-order valence-electron chi connectivity index (χ0n) is 14.9. The number of nitrogens with one attached hydrogen (secondary N) is 1. The Hall–Kier alpha value is -2.71. The Morgan fingerprint density at radius 3 is 2.50 bits per heavy atom. The van der Waals surface area contributed by atoms with Crippen LogP contribution in [0.25, 0.3) is 10.8 Å². The molecule has 2 unspecified atom stereocenters. The third-order valence-electron chi connectivity index (χ3n) is 4.02. The van der Waals surface area contributed by atoms with Crippen LogP contribution in [0.1, 0.15) is 13.3 Å². The second-order valence-electron chi connectivity index (χ2n) is 5.95. The van der Waals surface area contributed by atoms with Gasteiger partial charge in [-0.05, 0) is 11.5 Å². The van der Waals surface area contributed by atoms with Gasteiger partial charge in [-0.1, -0.05) is 30.3 Å². The minimum absolute atomic E-state index is 0.108. The van der Waals surface area contributed by atoms with Gasteiger partial charge in [0.25, 0.3) is 5.69 Å².